The molecule has 0 radical (unpaired) electrons. The SMILES string of the molecule is O=C([O-])c1ccccc1C(=O)O.O=C([O-])c1ccccc1C(=O)O.O=C([O-])c1ccccc1C(=O)O.[B+2]OC(C)C.[K+]. The Hall–Kier alpha value is -3.86. The number of carbonyl (C=O) groups is 6. The van der Waals surface area contributed by atoms with Crippen molar-refractivity contribution in [1.82, 2.24) is 0 Å². The number of rotatable bonds is 7. The van der Waals surface area contributed by atoms with Gasteiger partial charge in [-0.3, -0.25) is 0 Å². The molecule has 42 heavy (non-hydrogen) atoms. The fourth-order valence-electron chi connectivity index (χ4n) is 2.54. The molecule has 0 fully saturated rings. The van der Waals surface area contributed by atoms with Crippen LogP contribution >= 0.6 is 0 Å². The summed E-state index contributed by atoms with van der Waals surface area (Å²) in [4.78, 5) is 62.4. The van der Waals surface area contributed by atoms with E-state index in [1.54, 1.807) is 0 Å². The molecule has 3 N–H and O–H groups in total. The number of carboxylic acids is 6. The maximum Gasteiger partial charge on any atom is 1.00 e. The molecule has 3 aromatic carbocycles. The molecule has 3 rings (SSSR count). The summed E-state index contributed by atoms with van der Waals surface area (Å²) in [6.07, 6.45) is 0.162. The first kappa shape index (κ1) is 40.3. The molecule has 0 heterocycles. The fourth-order valence-corrected chi connectivity index (χ4v) is 2.54. The third-order valence-electron chi connectivity index (χ3n) is 4.40. The molecular weight excluding hydrogens is 582 g/mol. The van der Waals surface area contributed by atoms with Gasteiger partial charge in [-0.25, -0.2) is 14.4 Å². The summed E-state index contributed by atoms with van der Waals surface area (Å²) in [6.45, 7) is 3.75. The molecule has 13 nitrogen and oxygen atoms in total. The smallest absolute Gasteiger partial charge is 1.00 e. The number of aromatic carboxylic acids is 6. The predicted molar refractivity (Wildman–Crippen MR) is 135 cm³/mol. The summed E-state index contributed by atoms with van der Waals surface area (Å²) >= 11 is 0. The van der Waals surface area contributed by atoms with Gasteiger partial charge in [0.1, 0.15) is 0 Å². The van der Waals surface area contributed by atoms with Crippen LogP contribution in [-0.2, 0) is 4.65 Å². The molecule has 0 aliphatic carbocycles. The van der Waals surface area contributed by atoms with Gasteiger partial charge in [-0.05, 0) is 18.2 Å². The second-order valence-electron chi connectivity index (χ2n) is 7.60. The Labute approximate surface area is 283 Å². The Morgan fingerprint density at radius 1 is 0.548 bits per heavy atom. The zero-order chi connectivity index (χ0) is 31.7. The predicted octanol–water partition coefficient (Wildman–Crippen LogP) is -3.26. The van der Waals surface area contributed by atoms with Crippen molar-refractivity contribution in [2.75, 3.05) is 0 Å². The zero-order valence-electron chi connectivity index (χ0n) is 22.5. The first-order valence-electron chi connectivity index (χ1n) is 11.1. The van der Waals surface area contributed by atoms with E-state index in [9.17, 15) is 44.1 Å². The fraction of sp³-hybridized carbons (Fsp3) is 0.111. The number of benzene rings is 3. The van der Waals surface area contributed by atoms with Gasteiger partial charge in [0.25, 0.3) is 0 Å². The topological polar surface area (TPSA) is 242 Å². The van der Waals surface area contributed by atoms with E-state index in [0.29, 0.717) is 0 Å². The third-order valence-corrected chi connectivity index (χ3v) is 4.40. The van der Waals surface area contributed by atoms with Gasteiger partial charge in [-0.2, -0.15) is 0 Å². The van der Waals surface area contributed by atoms with Crippen LogP contribution in [0.5, 0.6) is 0 Å². The molecule has 0 spiro atoms. The van der Waals surface area contributed by atoms with Gasteiger partial charge in [0, 0.05) is 16.7 Å². The Kier molecular flexibility index (Phi) is 20.1. The number of hydrogen-bond acceptors (Lipinski definition) is 10. The second kappa shape index (κ2) is 20.9. The molecule has 15 heteroatoms. The van der Waals surface area contributed by atoms with Crippen LogP contribution in [0, 0.1) is 0 Å². The van der Waals surface area contributed by atoms with E-state index in [1.165, 1.54) is 72.8 Å². The molecule has 0 aliphatic rings. The molecule has 0 atom stereocenters. The molecule has 0 aliphatic heterocycles. The first-order valence-corrected chi connectivity index (χ1v) is 11.1. The minimum absolute atomic E-state index is 0. The second-order valence-corrected chi connectivity index (χ2v) is 7.60. The Bertz CT molecular complexity index is 1130. The van der Waals surface area contributed by atoms with E-state index in [2.05, 4.69) is 12.7 Å². The molecule has 0 bridgehead atoms. The summed E-state index contributed by atoms with van der Waals surface area (Å²) in [7, 11) is 4.67. The molecule has 3 aromatic rings. The monoisotopic (exact) mass is 604 g/mol. The van der Waals surface area contributed by atoms with Crippen LogP contribution in [0.3, 0.4) is 0 Å². The van der Waals surface area contributed by atoms with Crippen molar-refractivity contribution in [2.24, 2.45) is 0 Å². The van der Waals surface area contributed by atoms with Crippen molar-refractivity contribution < 1.29 is 115 Å². The van der Waals surface area contributed by atoms with E-state index in [0.717, 1.165) is 0 Å². The van der Waals surface area contributed by atoms with E-state index in [1.807, 2.05) is 13.8 Å². The van der Waals surface area contributed by atoms with E-state index < -0.39 is 35.8 Å². The van der Waals surface area contributed by atoms with Crippen LogP contribution in [0.25, 0.3) is 0 Å². The molecule has 212 valence electrons. The standard InChI is InChI=1S/3C8H6O4.C3H7BO.K/c3*9-7(10)5-3-1-2-4-6(5)8(11)12;1-3(2)5-4;/h3*1-4H,(H,9,10)(H,11,12);3H,1-2H3;/q;;;+2;+1/p-3. The van der Waals surface area contributed by atoms with Crippen LogP contribution in [0.1, 0.15) is 76.0 Å². The van der Waals surface area contributed by atoms with Crippen molar-refractivity contribution >= 4 is 43.9 Å². The largest absolute Gasteiger partial charge is 1.00 e. The molecule has 0 saturated heterocycles. The van der Waals surface area contributed by atoms with Crippen molar-refractivity contribution in [2.45, 2.75) is 20.0 Å². The molecule has 0 unspecified atom stereocenters. The van der Waals surface area contributed by atoms with Gasteiger partial charge >= 0.3 is 102 Å². The number of carboxylic acid groups (broad SMARTS) is 6. The van der Waals surface area contributed by atoms with Gasteiger partial charge in [-0.15, -0.1) is 0 Å². The molecular formula is C27H22BKO13. The molecule has 0 saturated carbocycles. The summed E-state index contributed by atoms with van der Waals surface area (Å²) < 4.78 is 4.25. The van der Waals surface area contributed by atoms with E-state index in [-0.39, 0.29) is 90.9 Å². The van der Waals surface area contributed by atoms with E-state index >= 15 is 0 Å². The van der Waals surface area contributed by atoms with E-state index in [4.69, 9.17) is 15.3 Å². The van der Waals surface area contributed by atoms with Crippen molar-refractivity contribution in [3.8, 4) is 0 Å². The number of carbonyl (C=O) groups excluding carboxylic acids is 3. The minimum atomic E-state index is -1.48. The molecule has 0 amide bonds. The number of hydrogen-bond donors (Lipinski definition) is 3. The summed E-state index contributed by atoms with van der Waals surface area (Å²) in [5.74, 6) is -8.24. The van der Waals surface area contributed by atoms with Gasteiger partial charge in [0.15, 0.2) is 0 Å². The van der Waals surface area contributed by atoms with Gasteiger partial charge in [0.05, 0.1) is 34.6 Å². The van der Waals surface area contributed by atoms with Crippen molar-refractivity contribution in [1.29, 1.82) is 0 Å². The minimum Gasteiger partial charge on any atom is 1.00 e. The normalized spacial score (nSPS) is 9.17. The van der Waals surface area contributed by atoms with Crippen LogP contribution in [0.15, 0.2) is 72.8 Å². The third kappa shape index (κ3) is 14.7. The van der Waals surface area contributed by atoms with Gasteiger partial charge < -0.3 is 45.0 Å². The summed E-state index contributed by atoms with van der Waals surface area (Å²) in [5.41, 5.74) is -1.66. The maximum atomic E-state index is 10.4. The van der Waals surface area contributed by atoms with Crippen molar-refractivity contribution in [3.05, 3.63) is 106 Å². The Morgan fingerprint density at radius 2 is 0.714 bits per heavy atom. The van der Waals surface area contributed by atoms with Crippen LogP contribution in [0.2, 0.25) is 0 Å². The average Bonchev–Trinajstić information content (AvgIpc) is 2.93. The van der Waals surface area contributed by atoms with Crippen LogP contribution in [0.4, 0.5) is 0 Å². The quantitative estimate of drug-likeness (QED) is 0.225. The molecule has 0 aromatic heterocycles. The van der Waals surface area contributed by atoms with Crippen LogP contribution in [-0.4, -0.2) is 65.3 Å². The van der Waals surface area contributed by atoms with Crippen molar-refractivity contribution in [3.63, 3.8) is 0 Å². The average molecular weight is 604 g/mol. The summed E-state index contributed by atoms with van der Waals surface area (Å²) in [6, 6.07) is 15.9. The maximum absolute atomic E-state index is 10.4. The summed E-state index contributed by atoms with van der Waals surface area (Å²) in [5, 5.41) is 56.6. The van der Waals surface area contributed by atoms with Gasteiger partial charge in [0.2, 0.25) is 0 Å². The zero-order valence-corrected chi connectivity index (χ0v) is 25.6. The van der Waals surface area contributed by atoms with Gasteiger partial charge in [-0.1, -0.05) is 54.6 Å². The Balaban J connectivity index is 0. The van der Waals surface area contributed by atoms with Crippen LogP contribution < -0.4 is 66.7 Å². The first-order chi connectivity index (χ1) is 19.1. The Morgan fingerprint density at radius 3 is 0.810 bits per heavy atom.